The Hall–Kier alpha value is -1.31. The molecule has 1 aliphatic heterocycles. The van der Waals surface area contributed by atoms with Gasteiger partial charge in [0.15, 0.2) is 0 Å². The number of aryl methyl sites for hydroxylation is 3. The van der Waals surface area contributed by atoms with Crippen LogP contribution in [0, 0.1) is 50.4 Å². The lowest BCUT2D eigenvalue weighted by Gasteiger charge is -2.50. The van der Waals surface area contributed by atoms with E-state index in [9.17, 15) is 0 Å². The van der Waals surface area contributed by atoms with Gasteiger partial charge in [0.1, 0.15) is 6.10 Å². The van der Waals surface area contributed by atoms with Crippen molar-refractivity contribution in [3.63, 3.8) is 0 Å². The van der Waals surface area contributed by atoms with Crippen LogP contribution in [0.15, 0.2) is 17.3 Å². The molecule has 0 aromatic heterocycles. The molecular weight excluding hydrogens is 258 g/mol. The molecule has 0 saturated heterocycles. The van der Waals surface area contributed by atoms with Crippen molar-refractivity contribution in [3.05, 3.63) is 34.4 Å². The van der Waals surface area contributed by atoms with Crippen LogP contribution in [0.25, 0.3) is 0 Å². The van der Waals surface area contributed by atoms with E-state index in [1.807, 2.05) is 0 Å². The quantitative estimate of drug-likeness (QED) is 0.762. The molecule has 4 fully saturated rings. The zero-order valence-corrected chi connectivity index (χ0v) is 13.1. The van der Waals surface area contributed by atoms with Gasteiger partial charge >= 0.3 is 0 Å². The van der Waals surface area contributed by atoms with Crippen LogP contribution >= 0.6 is 0 Å². The number of hydrogen-bond acceptors (Lipinski definition) is 2. The predicted molar refractivity (Wildman–Crippen MR) is 83.4 cm³/mol. The first-order valence-corrected chi connectivity index (χ1v) is 8.49. The minimum absolute atomic E-state index is 0.403. The summed E-state index contributed by atoms with van der Waals surface area (Å²) >= 11 is 0. The highest BCUT2D eigenvalue weighted by Gasteiger charge is 2.70. The maximum absolute atomic E-state index is 5.96. The van der Waals surface area contributed by atoms with Crippen LogP contribution < -0.4 is 0 Å². The second-order valence-electron chi connectivity index (χ2n) is 7.76. The summed E-state index contributed by atoms with van der Waals surface area (Å²) in [4.78, 5) is 5.96. The normalized spacial score (nSPS) is 42.1. The van der Waals surface area contributed by atoms with Gasteiger partial charge in [0.05, 0.1) is 5.71 Å². The molecule has 2 heteroatoms. The molecule has 1 heterocycles. The molecule has 0 spiro atoms. The number of benzene rings is 1. The van der Waals surface area contributed by atoms with Crippen LogP contribution in [0.4, 0.5) is 0 Å². The number of hydrogen-bond donors (Lipinski definition) is 0. The molecule has 0 radical (unpaired) electrons. The van der Waals surface area contributed by atoms with E-state index in [2.05, 4.69) is 38.1 Å². The standard InChI is InChI=1S/C19H23NO/c1-9-7-10(2)14(11(3)8-9)18-17-15-12-5-4-6-13(15)16(12)19(17)21-20-18/h7-8,12-13,15-17,19H,4-6H2,1-3H3/t12-,13+,15?,16?,17-,19-/m0/s1. The first kappa shape index (κ1) is 12.3. The van der Waals surface area contributed by atoms with E-state index < -0.39 is 0 Å². The third-order valence-electron chi connectivity index (χ3n) is 6.72. The van der Waals surface area contributed by atoms with Crippen molar-refractivity contribution in [1.82, 2.24) is 0 Å². The molecule has 1 aromatic carbocycles. The highest BCUT2D eigenvalue weighted by atomic mass is 16.6. The van der Waals surface area contributed by atoms with E-state index in [0.717, 1.165) is 23.7 Å². The molecule has 2 nitrogen and oxygen atoms in total. The summed E-state index contributed by atoms with van der Waals surface area (Å²) < 4.78 is 0. The van der Waals surface area contributed by atoms with Crippen LogP contribution in [0.5, 0.6) is 0 Å². The molecule has 5 aliphatic rings. The highest BCUT2D eigenvalue weighted by molar-refractivity contribution is 6.06. The maximum atomic E-state index is 5.96. The Bertz CT molecular complexity index is 627. The molecule has 0 N–H and O–H groups in total. The van der Waals surface area contributed by atoms with Crippen LogP contribution in [-0.2, 0) is 4.84 Å². The molecule has 4 saturated carbocycles. The Kier molecular flexibility index (Phi) is 2.28. The van der Waals surface area contributed by atoms with E-state index in [4.69, 9.17) is 4.84 Å². The summed E-state index contributed by atoms with van der Waals surface area (Å²) in [6, 6.07) is 4.58. The Morgan fingerprint density at radius 3 is 2.33 bits per heavy atom. The van der Waals surface area contributed by atoms with Crippen LogP contribution in [0.2, 0.25) is 0 Å². The molecule has 110 valence electrons. The largest absolute Gasteiger partial charge is 0.391 e. The predicted octanol–water partition coefficient (Wildman–Crippen LogP) is 4.01. The Balaban J connectivity index is 1.58. The lowest BCUT2D eigenvalue weighted by Crippen LogP contribution is -2.46. The summed E-state index contributed by atoms with van der Waals surface area (Å²) in [5.74, 6) is 4.16. The van der Waals surface area contributed by atoms with Crippen molar-refractivity contribution in [2.24, 2.45) is 34.7 Å². The lowest BCUT2D eigenvalue weighted by molar-refractivity contribution is -0.0567. The molecular formula is C19H23NO. The summed E-state index contributed by atoms with van der Waals surface area (Å²) in [5, 5.41) is 4.57. The Morgan fingerprint density at radius 1 is 1.00 bits per heavy atom. The summed E-state index contributed by atoms with van der Waals surface area (Å²) in [7, 11) is 0. The van der Waals surface area contributed by atoms with E-state index in [1.165, 1.54) is 47.2 Å². The van der Waals surface area contributed by atoms with Crippen LogP contribution in [0.1, 0.15) is 41.5 Å². The molecule has 21 heavy (non-hydrogen) atoms. The Morgan fingerprint density at radius 2 is 1.67 bits per heavy atom. The van der Waals surface area contributed by atoms with Gasteiger partial charge in [0.25, 0.3) is 0 Å². The molecule has 4 bridgehead atoms. The highest BCUT2D eigenvalue weighted by Crippen LogP contribution is 2.69. The van der Waals surface area contributed by atoms with Crippen molar-refractivity contribution in [2.75, 3.05) is 0 Å². The minimum Gasteiger partial charge on any atom is -0.391 e. The molecule has 1 aromatic rings. The van der Waals surface area contributed by atoms with Gasteiger partial charge in [0.2, 0.25) is 0 Å². The third-order valence-corrected chi connectivity index (χ3v) is 6.72. The second-order valence-corrected chi connectivity index (χ2v) is 7.76. The summed E-state index contributed by atoms with van der Waals surface area (Å²) in [6.45, 7) is 6.63. The Labute approximate surface area is 126 Å². The van der Waals surface area contributed by atoms with Gasteiger partial charge in [-0.25, -0.2) is 0 Å². The van der Waals surface area contributed by atoms with E-state index in [-0.39, 0.29) is 0 Å². The third kappa shape index (κ3) is 1.37. The van der Waals surface area contributed by atoms with E-state index in [0.29, 0.717) is 12.0 Å². The minimum atomic E-state index is 0.403. The first-order chi connectivity index (χ1) is 10.2. The summed E-state index contributed by atoms with van der Waals surface area (Å²) in [6.07, 6.45) is 4.71. The van der Waals surface area contributed by atoms with Crippen molar-refractivity contribution in [2.45, 2.75) is 46.1 Å². The van der Waals surface area contributed by atoms with E-state index >= 15 is 0 Å². The first-order valence-electron chi connectivity index (χ1n) is 8.49. The molecule has 6 rings (SSSR count). The zero-order chi connectivity index (χ0) is 14.3. The topological polar surface area (TPSA) is 21.6 Å². The fourth-order valence-corrected chi connectivity index (χ4v) is 6.29. The fourth-order valence-electron chi connectivity index (χ4n) is 6.29. The number of rotatable bonds is 1. The van der Waals surface area contributed by atoms with Crippen molar-refractivity contribution in [1.29, 1.82) is 0 Å². The van der Waals surface area contributed by atoms with Crippen molar-refractivity contribution >= 4 is 5.71 Å². The zero-order valence-electron chi connectivity index (χ0n) is 13.1. The van der Waals surface area contributed by atoms with Crippen LogP contribution in [0.3, 0.4) is 0 Å². The summed E-state index contributed by atoms with van der Waals surface area (Å²) in [5.41, 5.74) is 6.72. The average molecular weight is 281 g/mol. The second kappa shape index (κ2) is 3.91. The maximum Gasteiger partial charge on any atom is 0.139 e. The smallest absolute Gasteiger partial charge is 0.139 e. The van der Waals surface area contributed by atoms with Gasteiger partial charge in [-0.3, -0.25) is 0 Å². The van der Waals surface area contributed by atoms with Gasteiger partial charge in [-0.2, -0.15) is 0 Å². The fraction of sp³-hybridized carbons (Fsp3) is 0.632. The number of nitrogens with zero attached hydrogens (tertiary/aromatic N) is 1. The monoisotopic (exact) mass is 281 g/mol. The van der Waals surface area contributed by atoms with Gasteiger partial charge in [-0.15, -0.1) is 0 Å². The molecule has 2 unspecified atom stereocenters. The van der Waals surface area contributed by atoms with Crippen molar-refractivity contribution < 1.29 is 4.84 Å². The number of oxime groups is 1. The van der Waals surface area contributed by atoms with Crippen molar-refractivity contribution in [3.8, 4) is 0 Å². The van der Waals surface area contributed by atoms with E-state index in [1.54, 1.807) is 0 Å². The molecule has 4 aliphatic carbocycles. The average Bonchev–Trinajstić information content (AvgIpc) is 3.06. The lowest BCUT2D eigenvalue weighted by atomic mass is 9.54. The van der Waals surface area contributed by atoms with Gasteiger partial charge in [-0.1, -0.05) is 29.3 Å². The SMILES string of the molecule is Cc1cc(C)c(C2=NO[C@H]3C4[C@@H]5CCC[C@H]4C5[C@@H]23)c(C)c1. The van der Waals surface area contributed by atoms with Gasteiger partial charge in [-0.05, 0) is 62.5 Å². The molecule has 0 amide bonds. The van der Waals surface area contributed by atoms with Gasteiger partial charge < -0.3 is 4.84 Å². The molecule has 6 atom stereocenters. The van der Waals surface area contributed by atoms with Gasteiger partial charge in [0, 0.05) is 17.4 Å². The van der Waals surface area contributed by atoms with Crippen LogP contribution in [-0.4, -0.2) is 11.8 Å².